The highest BCUT2D eigenvalue weighted by Gasteiger charge is 2.28. The SMILES string of the molecule is CC(O)CC(C)NS(=O)(=O)C(C)C(=O)O. The molecule has 0 saturated heterocycles. The molecule has 3 N–H and O–H groups in total. The van der Waals surface area contributed by atoms with Crippen LogP contribution in [-0.2, 0) is 14.8 Å². The minimum Gasteiger partial charge on any atom is -0.480 e. The van der Waals surface area contributed by atoms with Crippen LogP contribution in [-0.4, -0.2) is 42.0 Å². The van der Waals surface area contributed by atoms with Crippen LogP contribution in [0.1, 0.15) is 27.2 Å². The van der Waals surface area contributed by atoms with Gasteiger partial charge in [-0.3, -0.25) is 4.79 Å². The molecule has 0 amide bonds. The molecule has 0 heterocycles. The quantitative estimate of drug-likeness (QED) is 0.582. The Hall–Kier alpha value is -0.660. The molecular weight excluding hydrogens is 222 g/mol. The first-order valence-electron chi connectivity index (χ1n) is 4.58. The van der Waals surface area contributed by atoms with Crippen LogP contribution in [0.15, 0.2) is 0 Å². The van der Waals surface area contributed by atoms with Crippen molar-refractivity contribution in [1.82, 2.24) is 4.72 Å². The van der Waals surface area contributed by atoms with E-state index >= 15 is 0 Å². The van der Waals surface area contributed by atoms with Crippen LogP contribution in [0.5, 0.6) is 0 Å². The van der Waals surface area contributed by atoms with Crippen LogP contribution in [0, 0.1) is 0 Å². The molecule has 0 rings (SSSR count). The molecule has 0 aromatic heterocycles. The Kier molecular flexibility index (Phi) is 5.19. The van der Waals surface area contributed by atoms with Crippen molar-refractivity contribution in [3.63, 3.8) is 0 Å². The number of nitrogens with one attached hydrogen (secondary N) is 1. The Morgan fingerprint density at radius 3 is 2.13 bits per heavy atom. The van der Waals surface area contributed by atoms with Gasteiger partial charge in [0.25, 0.3) is 0 Å². The predicted octanol–water partition coefficient (Wildman–Crippen LogP) is -0.462. The lowest BCUT2D eigenvalue weighted by Gasteiger charge is -2.17. The van der Waals surface area contributed by atoms with Gasteiger partial charge in [0, 0.05) is 6.04 Å². The van der Waals surface area contributed by atoms with Gasteiger partial charge in [-0.15, -0.1) is 0 Å². The molecule has 7 heteroatoms. The number of rotatable bonds is 6. The van der Waals surface area contributed by atoms with E-state index in [1.807, 2.05) is 0 Å². The third-order valence-corrected chi connectivity index (χ3v) is 3.74. The fourth-order valence-corrected chi connectivity index (χ4v) is 2.20. The van der Waals surface area contributed by atoms with Gasteiger partial charge in [0.2, 0.25) is 10.0 Å². The van der Waals surface area contributed by atoms with Gasteiger partial charge in [-0.05, 0) is 27.2 Å². The number of carboxylic acids is 1. The summed E-state index contributed by atoms with van der Waals surface area (Å²) in [5, 5.41) is 16.1. The second kappa shape index (κ2) is 5.43. The first-order valence-corrected chi connectivity index (χ1v) is 6.13. The molecule has 0 spiro atoms. The maximum atomic E-state index is 11.4. The van der Waals surface area contributed by atoms with Gasteiger partial charge >= 0.3 is 5.97 Å². The molecular formula is C8H17NO5S. The monoisotopic (exact) mass is 239 g/mol. The summed E-state index contributed by atoms with van der Waals surface area (Å²) in [4.78, 5) is 10.5. The molecule has 0 fully saturated rings. The lowest BCUT2D eigenvalue weighted by Crippen LogP contribution is -2.42. The van der Waals surface area contributed by atoms with Gasteiger partial charge in [0.1, 0.15) is 0 Å². The fraction of sp³-hybridized carbons (Fsp3) is 0.875. The topological polar surface area (TPSA) is 104 Å². The predicted molar refractivity (Wildman–Crippen MR) is 54.9 cm³/mol. The molecule has 0 bridgehead atoms. The van der Waals surface area contributed by atoms with E-state index in [-0.39, 0.29) is 6.42 Å². The molecule has 3 atom stereocenters. The summed E-state index contributed by atoms with van der Waals surface area (Å²) >= 11 is 0. The number of carbonyl (C=O) groups is 1. The third kappa shape index (κ3) is 5.10. The highest BCUT2D eigenvalue weighted by molar-refractivity contribution is 7.90. The molecule has 15 heavy (non-hydrogen) atoms. The smallest absolute Gasteiger partial charge is 0.323 e. The standard InChI is InChI=1S/C8H17NO5S/c1-5(4-6(2)10)9-15(13,14)7(3)8(11)12/h5-7,9-10H,4H2,1-3H3,(H,11,12). The Labute approximate surface area is 89.4 Å². The first-order chi connectivity index (χ1) is 6.66. The second-order valence-electron chi connectivity index (χ2n) is 3.63. The normalized spacial score (nSPS) is 18.1. The number of carboxylic acid groups (broad SMARTS) is 1. The van der Waals surface area contributed by atoms with Crippen molar-refractivity contribution >= 4 is 16.0 Å². The fourth-order valence-electron chi connectivity index (χ4n) is 1.07. The summed E-state index contributed by atoms with van der Waals surface area (Å²) in [7, 11) is -3.87. The molecule has 0 aliphatic carbocycles. The Morgan fingerprint density at radius 2 is 1.80 bits per heavy atom. The van der Waals surface area contributed by atoms with E-state index in [2.05, 4.69) is 4.72 Å². The van der Waals surface area contributed by atoms with E-state index in [0.29, 0.717) is 0 Å². The second-order valence-corrected chi connectivity index (χ2v) is 5.66. The largest absolute Gasteiger partial charge is 0.480 e. The zero-order chi connectivity index (χ0) is 12.2. The number of aliphatic hydroxyl groups is 1. The van der Waals surface area contributed by atoms with Gasteiger partial charge in [0.15, 0.2) is 5.25 Å². The van der Waals surface area contributed by atoms with Crippen molar-refractivity contribution in [2.75, 3.05) is 0 Å². The van der Waals surface area contributed by atoms with E-state index in [9.17, 15) is 13.2 Å². The zero-order valence-corrected chi connectivity index (χ0v) is 9.78. The molecule has 0 aromatic rings. The van der Waals surface area contributed by atoms with Crippen molar-refractivity contribution in [2.45, 2.75) is 44.6 Å². The van der Waals surface area contributed by atoms with Crippen LogP contribution in [0.4, 0.5) is 0 Å². The average Bonchev–Trinajstić information content (AvgIpc) is 1.99. The van der Waals surface area contributed by atoms with Crippen LogP contribution < -0.4 is 4.72 Å². The zero-order valence-electron chi connectivity index (χ0n) is 8.97. The van der Waals surface area contributed by atoms with Crippen LogP contribution in [0.25, 0.3) is 0 Å². The molecule has 0 saturated carbocycles. The van der Waals surface area contributed by atoms with E-state index in [1.165, 1.54) is 6.92 Å². The van der Waals surface area contributed by atoms with E-state index in [0.717, 1.165) is 6.92 Å². The third-order valence-electron chi connectivity index (χ3n) is 1.87. The van der Waals surface area contributed by atoms with Gasteiger partial charge in [0.05, 0.1) is 6.10 Å². The lowest BCUT2D eigenvalue weighted by molar-refractivity contribution is -0.136. The van der Waals surface area contributed by atoms with Crippen molar-refractivity contribution < 1.29 is 23.4 Å². The minimum atomic E-state index is -3.87. The molecule has 90 valence electrons. The van der Waals surface area contributed by atoms with E-state index in [1.54, 1.807) is 6.92 Å². The summed E-state index contributed by atoms with van der Waals surface area (Å²) in [6.45, 7) is 4.20. The summed E-state index contributed by atoms with van der Waals surface area (Å²) in [6, 6.07) is -0.489. The van der Waals surface area contributed by atoms with Crippen LogP contribution in [0.2, 0.25) is 0 Å². The molecule has 6 nitrogen and oxygen atoms in total. The van der Waals surface area contributed by atoms with E-state index < -0.39 is 33.4 Å². The molecule has 0 aliphatic rings. The first kappa shape index (κ1) is 14.3. The van der Waals surface area contributed by atoms with Crippen molar-refractivity contribution in [1.29, 1.82) is 0 Å². The number of hydrogen-bond donors (Lipinski definition) is 3. The number of sulfonamides is 1. The Balaban J connectivity index is 4.45. The van der Waals surface area contributed by atoms with Gasteiger partial charge in [-0.2, -0.15) is 0 Å². The molecule has 0 radical (unpaired) electrons. The van der Waals surface area contributed by atoms with Gasteiger partial charge in [-0.1, -0.05) is 0 Å². The summed E-state index contributed by atoms with van der Waals surface area (Å²) in [6.07, 6.45) is -0.395. The highest BCUT2D eigenvalue weighted by atomic mass is 32.2. The Morgan fingerprint density at radius 1 is 1.33 bits per heavy atom. The molecule has 0 aliphatic heterocycles. The summed E-state index contributed by atoms with van der Waals surface area (Å²) < 4.78 is 25.0. The van der Waals surface area contributed by atoms with Crippen LogP contribution >= 0.6 is 0 Å². The minimum absolute atomic E-state index is 0.242. The molecule has 0 aromatic carbocycles. The summed E-state index contributed by atoms with van der Waals surface area (Å²) in [5.41, 5.74) is 0. The summed E-state index contributed by atoms with van der Waals surface area (Å²) in [5.74, 6) is -1.40. The van der Waals surface area contributed by atoms with Crippen molar-refractivity contribution in [2.24, 2.45) is 0 Å². The van der Waals surface area contributed by atoms with Crippen LogP contribution in [0.3, 0.4) is 0 Å². The number of hydrogen-bond acceptors (Lipinski definition) is 4. The number of aliphatic hydroxyl groups excluding tert-OH is 1. The van der Waals surface area contributed by atoms with Gasteiger partial charge < -0.3 is 10.2 Å². The lowest BCUT2D eigenvalue weighted by atomic mass is 10.2. The molecule has 3 unspecified atom stereocenters. The van der Waals surface area contributed by atoms with Crippen molar-refractivity contribution in [3.05, 3.63) is 0 Å². The maximum absolute atomic E-state index is 11.4. The highest BCUT2D eigenvalue weighted by Crippen LogP contribution is 2.03. The van der Waals surface area contributed by atoms with E-state index in [4.69, 9.17) is 10.2 Å². The average molecular weight is 239 g/mol. The maximum Gasteiger partial charge on any atom is 0.323 e. The van der Waals surface area contributed by atoms with Gasteiger partial charge in [-0.25, -0.2) is 13.1 Å². The Bertz CT molecular complexity index is 311. The van der Waals surface area contributed by atoms with Crippen molar-refractivity contribution in [3.8, 4) is 0 Å². The number of aliphatic carboxylic acids is 1.